The Morgan fingerprint density at radius 1 is 1.22 bits per heavy atom. The second-order valence-electron chi connectivity index (χ2n) is 7.18. The summed E-state index contributed by atoms with van der Waals surface area (Å²) in [6.07, 6.45) is 6.47. The predicted octanol–water partition coefficient (Wildman–Crippen LogP) is 3.55. The molecule has 0 amide bonds. The van der Waals surface area contributed by atoms with E-state index in [0.29, 0.717) is 6.47 Å². The van der Waals surface area contributed by atoms with Gasteiger partial charge in [0.1, 0.15) is 5.60 Å². The van der Waals surface area contributed by atoms with Gasteiger partial charge in [0.15, 0.2) is 0 Å². The van der Waals surface area contributed by atoms with Crippen LogP contribution in [0.3, 0.4) is 0 Å². The molecule has 4 heteroatoms. The molecule has 1 heterocycles. The Hall–Kier alpha value is -1.39. The average molecular weight is 320 g/mol. The fraction of sp³-hybridized carbons (Fsp3) is 0.632. The summed E-state index contributed by atoms with van der Waals surface area (Å²) in [5.41, 5.74) is 1.15. The first kappa shape index (κ1) is 19.7. The number of carbonyl (C=O) groups is 1. The van der Waals surface area contributed by atoms with E-state index in [1.165, 1.54) is 37.7 Å². The van der Waals surface area contributed by atoms with Crippen molar-refractivity contribution in [2.75, 3.05) is 13.1 Å². The molecule has 0 saturated carbocycles. The predicted molar refractivity (Wildman–Crippen MR) is 94.8 cm³/mol. The van der Waals surface area contributed by atoms with E-state index in [2.05, 4.69) is 35.1 Å². The number of benzene rings is 1. The minimum absolute atomic E-state index is 0.318. The number of nitrogens with two attached hydrogens (primary N) is 1. The Kier molecular flexibility index (Phi) is 8.89. The largest absolute Gasteiger partial charge is 0.462 e. The molecule has 0 aliphatic carbocycles. The lowest BCUT2D eigenvalue weighted by molar-refractivity contribution is -0.138. The van der Waals surface area contributed by atoms with Crippen molar-refractivity contribution in [1.29, 1.82) is 0 Å². The second kappa shape index (κ2) is 10.4. The lowest BCUT2D eigenvalue weighted by atomic mass is 9.91. The zero-order chi connectivity index (χ0) is 17.1. The summed E-state index contributed by atoms with van der Waals surface area (Å²) < 4.78 is 4.55. The maximum Gasteiger partial charge on any atom is 0.293 e. The van der Waals surface area contributed by atoms with Crippen molar-refractivity contribution in [3.63, 3.8) is 0 Å². The molecule has 0 unspecified atom stereocenters. The van der Waals surface area contributed by atoms with E-state index in [1.54, 1.807) is 0 Å². The molecule has 23 heavy (non-hydrogen) atoms. The van der Waals surface area contributed by atoms with Crippen LogP contribution >= 0.6 is 0 Å². The average Bonchev–Trinajstić information content (AvgIpc) is 2.50. The van der Waals surface area contributed by atoms with Gasteiger partial charge in [0.2, 0.25) is 0 Å². The Labute approximate surface area is 141 Å². The van der Waals surface area contributed by atoms with Crippen LogP contribution in [-0.2, 0) is 16.0 Å². The quantitative estimate of drug-likeness (QED) is 0.666. The van der Waals surface area contributed by atoms with E-state index in [-0.39, 0.29) is 5.60 Å². The first-order chi connectivity index (χ1) is 10.9. The Morgan fingerprint density at radius 2 is 1.83 bits per heavy atom. The molecule has 2 N–H and O–H groups in total. The van der Waals surface area contributed by atoms with E-state index in [4.69, 9.17) is 5.84 Å². The number of nitrogens with zero attached hydrogens (tertiary/aromatic N) is 1. The maximum atomic E-state index is 9.60. The minimum atomic E-state index is -0.318. The number of ether oxygens (including phenoxy) is 1. The zero-order valence-corrected chi connectivity index (χ0v) is 14.8. The monoisotopic (exact) mass is 320 g/mol. The molecule has 0 aromatic heterocycles. The summed E-state index contributed by atoms with van der Waals surface area (Å²) in [6.45, 7) is 8.08. The van der Waals surface area contributed by atoms with Gasteiger partial charge >= 0.3 is 0 Å². The van der Waals surface area contributed by atoms with Gasteiger partial charge in [0, 0.05) is 13.1 Å². The number of aryl methyl sites for hydroxylation is 1. The molecule has 1 saturated heterocycles. The van der Waals surface area contributed by atoms with Crippen LogP contribution < -0.4 is 5.84 Å². The fourth-order valence-corrected chi connectivity index (χ4v) is 2.63. The Balaban J connectivity index is 0.000000322. The fourth-order valence-electron chi connectivity index (χ4n) is 2.63. The second-order valence-corrected chi connectivity index (χ2v) is 7.18. The summed E-state index contributed by atoms with van der Waals surface area (Å²) in [7, 11) is 0. The van der Waals surface area contributed by atoms with E-state index in [0.717, 1.165) is 19.0 Å². The number of piperidine rings is 1. The molecule has 130 valence electrons. The van der Waals surface area contributed by atoms with Crippen molar-refractivity contribution in [2.45, 2.75) is 58.5 Å². The summed E-state index contributed by atoms with van der Waals surface area (Å²) in [4.78, 5) is 9.60. The van der Waals surface area contributed by atoms with Crippen LogP contribution in [0.15, 0.2) is 30.3 Å². The third-order valence-corrected chi connectivity index (χ3v) is 3.97. The lowest BCUT2D eigenvalue weighted by Gasteiger charge is -2.28. The number of carbonyl (C=O) groups excluding carboxylic acids is 1. The molecular formula is C19H32N2O2. The number of hydrogen-bond donors (Lipinski definition) is 1. The van der Waals surface area contributed by atoms with Crippen LogP contribution in [0.1, 0.15) is 52.0 Å². The van der Waals surface area contributed by atoms with Crippen molar-refractivity contribution < 1.29 is 9.53 Å². The minimum Gasteiger partial charge on any atom is -0.462 e. The Morgan fingerprint density at radius 3 is 2.30 bits per heavy atom. The van der Waals surface area contributed by atoms with Gasteiger partial charge in [-0.15, -0.1) is 0 Å². The Bertz CT molecular complexity index is 421. The highest BCUT2D eigenvalue weighted by Crippen LogP contribution is 2.21. The first-order valence-electron chi connectivity index (χ1n) is 8.56. The third kappa shape index (κ3) is 10.1. The standard InChI is InChI=1S/C14H22N2.C5H10O2/c15-16-11-9-14(10-12-16)8-4-7-13-5-2-1-3-6-13;1-5(2,3)7-4-6/h1-3,5-6,14H,4,7-12,15H2;4H,1-3H3. The SMILES string of the molecule is CC(C)(C)OC=O.NN1CCC(CCCc2ccccc2)CC1. The van der Waals surface area contributed by atoms with Crippen molar-refractivity contribution in [3.05, 3.63) is 35.9 Å². The van der Waals surface area contributed by atoms with Crippen molar-refractivity contribution in [2.24, 2.45) is 11.8 Å². The van der Waals surface area contributed by atoms with Gasteiger partial charge in [-0.1, -0.05) is 36.8 Å². The van der Waals surface area contributed by atoms with Crippen LogP contribution in [0.2, 0.25) is 0 Å². The maximum absolute atomic E-state index is 9.60. The summed E-state index contributed by atoms with van der Waals surface area (Å²) >= 11 is 0. The van der Waals surface area contributed by atoms with Crippen molar-refractivity contribution in [3.8, 4) is 0 Å². The first-order valence-corrected chi connectivity index (χ1v) is 8.56. The molecule has 2 rings (SSSR count). The van der Waals surface area contributed by atoms with Crippen molar-refractivity contribution >= 4 is 6.47 Å². The number of hydrogen-bond acceptors (Lipinski definition) is 4. The highest BCUT2D eigenvalue weighted by molar-refractivity contribution is 5.37. The summed E-state index contributed by atoms with van der Waals surface area (Å²) in [5, 5.41) is 1.95. The molecular weight excluding hydrogens is 288 g/mol. The topological polar surface area (TPSA) is 55.6 Å². The lowest BCUT2D eigenvalue weighted by Crippen LogP contribution is -2.38. The normalized spacial score (nSPS) is 16.3. The van der Waals surface area contributed by atoms with Gasteiger partial charge in [-0.25, -0.2) is 5.01 Å². The molecule has 4 nitrogen and oxygen atoms in total. The number of hydrazine groups is 1. The van der Waals surface area contributed by atoms with Crippen LogP contribution in [0, 0.1) is 5.92 Å². The third-order valence-electron chi connectivity index (χ3n) is 3.97. The zero-order valence-electron chi connectivity index (χ0n) is 14.8. The smallest absolute Gasteiger partial charge is 0.293 e. The van der Waals surface area contributed by atoms with E-state index < -0.39 is 0 Å². The highest BCUT2D eigenvalue weighted by atomic mass is 16.5. The van der Waals surface area contributed by atoms with Crippen LogP contribution in [0.4, 0.5) is 0 Å². The van der Waals surface area contributed by atoms with Crippen molar-refractivity contribution in [1.82, 2.24) is 5.01 Å². The molecule has 0 radical (unpaired) electrons. The molecule has 0 spiro atoms. The molecule has 1 fully saturated rings. The van der Waals surface area contributed by atoms with Crippen LogP contribution in [0.25, 0.3) is 0 Å². The molecule has 1 aliphatic heterocycles. The number of rotatable bonds is 5. The molecule has 1 aliphatic rings. The van der Waals surface area contributed by atoms with E-state index in [9.17, 15) is 4.79 Å². The highest BCUT2D eigenvalue weighted by Gasteiger charge is 2.16. The summed E-state index contributed by atoms with van der Waals surface area (Å²) in [6, 6.07) is 10.8. The molecule has 0 bridgehead atoms. The van der Waals surface area contributed by atoms with Gasteiger partial charge in [-0.05, 0) is 57.9 Å². The van der Waals surface area contributed by atoms with Gasteiger partial charge < -0.3 is 4.74 Å². The van der Waals surface area contributed by atoms with Gasteiger partial charge in [0.05, 0.1) is 0 Å². The molecule has 0 atom stereocenters. The van der Waals surface area contributed by atoms with E-state index in [1.807, 2.05) is 25.8 Å². The van der Waals surface area contributed by atoms with E-state index >= 15 is 0 Å². The van der Waals surface area contributed by atoms with Gasteiger partial charge in [-0.2, -0.15) is 0 Å². The van der Waals surface area contributed by atoms with Crippen LogP contribution in [-0.4, -0.2) is 30.2 Å². The van der Waals surface area contributed by atoms with Gasteiger partial charge in [0.25, 0.3) is 6.47 Å². The summed E-state index contributed by atoms with van der Waals surface area (Å²) in [5.74, 6) is 6.66. The van der Waals surface area contributed by atoms with Crippen LogP contribution in [0.5, 0.6) is 0 Å². The molecule has 1 aromatic rings. The van der Waals surface area contributed by atoms with Gasteiger partial charge in [-0.3, -0.25) is 10.6 Å². The molecule has 1 aromatic carbocycles.